The number of methoxy groups -OCH3 is 1. The summed E-state index contributed by atoms with van der Waals surface area (Å²) < 4.78 is 26.2. The number of hydrogen-bond acceptors (Lipinski definition) is 4. The number of fused-ring (bicyclic) bond motifs is 2. The molecule has 6 heteroatoms. The van der Waals surface area contributed by atoms with Gasteiger partial charge in [-0.3, -0.25) is 9.62 Å². The fraction of sp³-hybridized carbons (Fsp3) is 0.333. The van der Waals surface area contributed by atoms with Crippen LogP contribution in [-0.4, -0.2) is 31.0 Å². The van der Waals surface area contributed by atoms with Crippen molar-refractivity contribution in [1.82, 2.24) is 5.32 Å². The van der Waals surface area contributed by atoms with Gasteiger partial charge >= 0.3 is 0 Å². The molecule has 0 radical (unpaired) electrons. The molecule has 2 unspecified atom stereocenters. The van der Waals surface area contributed by atoms with Crippen LogP contribution in [-0.2, 0) is 21.4 Å². The van der Waals surface area contributed by atoms with Gasteiger partial charge in [0.15, 0.2) is 11.0 Å². The quantitative estimate of drug-likeness (QED) is 0.929. The average molecular weight is 344 g/mol. The molecule has 0 amide bonds. The zero-order chi connectivity index (χ0) is 16.6. The van der Waals surface area contributed by atoms with Crippen LogP contribution in [0.25, 0.3) is 0 Å². The monoisotopic (exact) mass is 344 g/mol. The lowest BCUT2D eigenvalue weighted by molar-refractivity contribution is -0.0221. The van der Waals surface area contributed by atoms with Crippen molar-refractivity contribution in [3.63, 3.8) is 0 Å². The molecule has 0 saturated carbocycles. The van der Waals surface area contributed by atoms with Crippen LogP contribution in [0.5, 0.6) is 5.75 Å². The summed E-state index contributed by atoms with van der Waals surface area (Å²) in [5.74, 6) is 0.761. The molecule has 1 fully saturated rings. The van der Waals surface area contributed by atoms with Gasteiger partial charge in [0.2, 0.25) is 0 Å². The van der Waals surface area contributed by atoms with Gasteiger partial charge < -0.3 is 9.47 Å². The summed E-state index contributed by atoms with van der Waals surface area (Å²) in [4.78, 5) is 0.766. The van der Waals surface area contributed by atoms with Gasteiger partial charge in [-0.25, -0.2) is 4.21 Å². The van der Waals surface area contributed by atoms with E-state index in [-0.39, 0.29) is 0 Å². The number of nitrogens with zero attached hydrogens (tertiary/aromatic N) is 1. The first-order valence-electron chi connectivity index (χ1n) is 8.05. The molecule has 1 spiro atoms. The minimum absolute atomic E-state index is 0.433. The fourth-order valence-electron chi connectivity index (χ4n) is 3.40. The van der Waals surface area contributed by atoms with Crippen molar-refractivity contribution in [3.8, 4) is 5.75 Å². The third kappa shape index (κ3) is 2.51. The minimum atomic E-state index is -1.26. The van der Waals surface area contributed by atoms with Gasteiger partial charge in [0.05, 0.1) is 24.3 Å². The van der Waals surface area contributed by atoms with Crippen LogP contribution in [0.2, 0.25) is 0 Å². The Bertz CT molecular complexity index is 757. The number of para-hydroxylation sites is 1. The summed E-state index contributed by atoms with van der Waals surface area (Å²) in [6.07, 6.45) is 0.770. The summed E-state index contributed by atoms with van der Waals surface area (Å²) in [5, 5.41) is 3.48. The largest absolute Gasteiger partial charge is 0.497 e. The lowest BCUT2D eigenvalue weighted by Gasteiger charge is -2.40. The van der Waals surface area contributed by atoms with Crippen molar-refractivity contribution in [2.45, 2.75) is 17.0 Å². The van der Waals surface area contributed by atoms with Crippen molar-refractivity contribution >= 4 is 16.7 Å². The highest BCUT2D eigenvalue weighted by atomic mass is 32.2. The predicted octanol–water partition coefficient (Wildman–Crippen LogP) is 2.40. The van der Waals surface area contributed by atoms with Crippen LogP contribution < -0.4 is 14.4 Å². The second kappa shape index (κ2) is 6.20. The molecular weight excluding hydrogens is 324 g/mol. The summed E-state index contributed by atoms with van der Waals surface area (Å²) in [7, 11) is 0.362. The van der Waals surface area contributed by atoms with Gasteiger partial charge in [-0.2, -0.15) is 0 Å². The van der Waals surface area contributed by atoms with Crippen molar-refractivity contribution in [1.29, 1.82) is 0 Å². The highest BCUT2D eigenvalue weighted by molar-refractivity contribution is 7.86. The van der Waals surface area contributed by atoms with Gasteiger partial charge in [0.1, 0.15) is 11.5 Å². The molecule has 4 rings (SSSR count). The molecule has 2 aliphatic rings. The first-order chi connectivity index (χ1) is 11.7. The Labute approximate surface area is 144 Å². The minimum Gasteiger partial charge on any atom is -0.497 e. The molecule has 2 atom stereocenters. The van der Waals surface area contributed by atoms with E-state index in [4.69, 9.17) is 9.47 Å². The average Bonchev–Trinajstić information content (AvgIpc) is 3.11. The zero-order valence-corrected chi connectivity index (χ0v) is 14.3. The summed E-state index contributed by atoms with van der Waals surface area (Å²) in [6.45, 7) is 2.22. The number of anilines is 1. The van der Waals surface area contributed by atoms with E-state index in [1.165, 1.54) is 0 Å². The fourth-order valence-corrected chi connectivity index (χ4v) is 4.62. The topological polar surface area (TPSA) is 50.8 Å². The van der Waals surface area contributed by atoms with Crippen molar-refractivity contribution < 1.29 is 13.7 Å². The maximum absolute atomic E-state index is 13.1. The molecule has 126 valence electrons. The smallest absolute Gasteiger partial charge is 0.152 e. The van der Waals surface area contributed by atoms with E-state index in [2.05, 4.69) is 11.4 Å². The molecule has 5 nitrogen and oxygen atoms in total. The van der Waals surface area contributed by atoms with E-state index in [9.17, 15) is 4.21 Å². The van der Waals surface area contributed by atoms with Crippen LogP contribution in [0.4, 0.5) is 5.69 Å². The Hall–Kier alpha value is -1.89. The van der Waals surface area contributed by atoms with Crippen molar-refractivity contribution in [3.05, 3.63) is 54.1 Å². The van der Waals surface area contributed by atoms with Crippen LogP contribution in [0, 0.1) is 0 Å². The molecule has 0 aliphatic carbocycles. The van der Waals surface area contributed by atoms with Crippen LogP contribution in [0.1, 0.15) is 12.0 Å². The van der Waals surface area contributed by atoms with E-state index >= 15 is 0 Å². The van der Waals surface area contributed by atoms with Crippen molar-refractivity contribution in [2.75, 3.05) is 31.1 Å². The van der Waals surface area contributed by atoms with Gasteiger partial charge in [0, 0.05) is 25.1 Å². The molecular formula is C18H20N2O3S. The van der Waals surface area contributed by atoms with Gasteiger partial charge in [-0.1, -0.05) is 18.2 Å². The third-order valence-electron chi connectivity index (χ3n) is 4.60. The van der Waals surface area contributed by atoms with Gasteiger partial charge in [-0.05, 0) is 30.3 Å². The highest BCUT2D eigenvalue weighted by Crippen LogP contribution is 2.41. The Balaban J connectivity index is 1.69. The second-order valence-corrected chi connectivity index (χ2v) is 7.31. The van der Waals surface area contributed by atoms with Crippen LogP contribution in [0.3, 0.4) is 0 Å². The van der Waals surface area contributed by atoms with E-state index < -0.39 is 16.7 Å². The Morgan fingerprint density at radius 3 is 2.71 bits per heavy atom. The first-order valence-corrected chi connectivity index (χ1v) is 9.16. The molecule has 2 aromatic carbocycles. The number of benzene rings is 2. The normalized spacial score (nSPS) is 24.0. The lowest BCUT2D eigenvalue weighted by atomic mass is 9.94. The molecule has 24 heavy (non-hydrogen) atoms. The number of ether oxygens (including phenoxy) is 2. The predicted molar refractivity (Wildman–Crippen MR) is 93.4 cm³/mol. The maximum Gasteiger partial charge on any atom is 0.152 e. The molecule has 2 aliphatic heterocycles. The summed E-state index contributed by atoms with van der Waals surface area (Å²) in [5.41, 5.74) is 1.60. The second-order valence-electron chi connectivity index (χ2n) is 5.90. The molecule has 0 aromatic heterocycles. The van der Waals surface area contributed by atoms with E-state index in [0.717, 1.165) is 34.9 Å². The number of hydrogen-bond donors (Lipinski definition) is 1. The Morgan fingerprint density at radius 1 is 1.21 bits per heavy atom. The first kappa shape index (κ1) is 15.6. The summed E-state index contributed by atoms with van der Waals surface area (Å²) >= 11 is 0. The molecule has 1 saturated heterocycles. The summed E-state index contributed by atoms with van der Waals surface area (Å²) in [6, 6.07) is 15.4. The number of nitrogens with one attached hydrogen (secondary N) is 1. The Morgan fingerprint density at radius 2 is 2.00 bits per heavy atom. The molecule has 1 N–H and O–H groups in total. The number of rotatable bonds is 3. The van der Waals surface area contributed by atoms with Crippen molar-refractivity contribution in [2.24, 2.45) is 0 Å². The highest BCUT2D eigenvalue weighted by Gasteiger charge is 2.43. The maximum atomic E-state index is 13.1. The standard InChI is InChI=1S/C18H20N2O3S/c1-22-14-6-8-15(9-7-14)24(21)20-12-10-18(19-11-13-23-18)16-4-2-3-5-17(16)20/h2-9,19H,10-13H2,1H3. The van der Waals surface area contributed by atoms with E-state index in [0.29, 0.717) is 13.2 Å². The van der Waals surface area contributed by atoms with E-state index in [1.54, 1.807) is 7.11 Å². The van der Waals surface area contributed by atoms with Gasteiger partial charge in [0.25, 0.3) is 0 Å². The lowest BCUT2D eigenvalue weighted by Crippen LogP contribution is -2.47. The van der Waals surface area contributed by atoms with E-state index in [1.807, 2.05) is 46.8 Å². The molecule has 2 aromatic rings. The SMILES string of the molecule is COc1ccc(S(=O)N2CCC3(NCCO3)c3ccccc32)cc1. The molecule has 2 heterocycles. The zero-order valence-electron chi connectivity index (χ0n) is 13.5. The Kier molecular flexibility index (Phi) is 4.04. The molecule has 0 bridgehead atoms. The van der Waals surface area contributed by atoms with Gasteiger partial charge in [-0.15, -0.1) is 0 Å². The third-order valence-corrected chi connectivity index (χ3v) is 6.05. The van der Waals surface area contributed by atoms with Crippen LogP contribution >= 0.6 is 0 Å². The van der Waals surface area contributed by atoms with Crippen LogP contribution in [0.15, 0.2) is 53.4 Å².